The largest absolute Gasteiger partial charge is 0.506 e. The molecule has 0 heterocycles. The highest BCUT2D eigenvalue weighted by Gasteiger charge is 1.88. The summed E-state index contributed by atoms with van der Waals surface area (Å²) in [7, 11) is 2.88. The third kappa shape index (κ3) is 4.05. The summed E-state index contributed by atoms with van der Waals surface area (Å²) in [5.41, 5.74) is 0. The van der Waals surface area contributed by atoms with Gasteiger partial charge in [-0.15, -0.1) is 0 Å². The predicted octanol–water partition coefficient (Wildman–Crippen LogP) is 3.53. The zero-order valence-electron chi connectivity index (χ0n) is 9.08. The zero-order chi connectivity index (χ0) is 11.1. The minimum Gasteiger partial charge on any atom is -0.506 e. The normalized spacial score (nSPS) is 11.8. The fourth-order valence-electron chi connectivity index (χ4n) is 1.43. The van der Waals surface area contributed by atoms with Crippen molar-refractivity contribution in [2.75, 3.05) is 12.3 Å². The van der Waals surface area contributed by atoms with Crippen molar-refractivity contribution < 1.29 is 0 Å². The van der Waals surface area contributed by atoms with E-state index in [1.54, 1.807) is 0 Å². The van der Waals surface area contributed by atoms with E-state index in [0.717, 1.165) is 0 Å². The fraction of sp³-hybridized carbons (Fsp3) is 0.143. The van der Waals surface area contributed by atoms with Gasteiger partial charge in [0.05, 0.1) is 0 Å². The van der Waals surface area contributed by atoms with Gasteiger partial charge in [0.15, 0.2) is 0 Å². The van der Waals surface area contributed by atoms with E-state index in [4.69, 9.17) is 0 Å². The highest BCUT2D eigenvalue weighted by Crippen LogP contribution is 2.16. The first-order valence-corrected chi connectivity index (χ1v) is 7.56. The number of hydrogen-bond donors (Lipinski definition) is 0. The molecule has 2 aromatic carbocycles. The van der Waals surface area contributed by atoms with Crippen LogP contribution >= 0.6 is 17.2 Å². The summed E-state index contributed by atoms with van der Waals surface area (Å²) < 4.78 is 0. The van der Waals surface area contributed by atoms with Crippen LogP contribution in [0.25, 0.3) is 0 Å². The molecule has 0 aliphatic heterocycles. The van der Waals surface area contributed by atoms with Gasteiger partial charge in [-0.05, 0) is 13.9 Å². The Labute approximate surface area is 101 Å². The molecule has 0 amide bonds. The second-order valence-corrected chi connectivity index (χ2v) is 5.99. The summed E-state index contributed by atoms with van der Waals surface area (Å²) in [5, 5.41) is 2.84. The van der Waals surface area contributed by atoms with Crippen LogP contribution in [-0.4, -0.2) is 12.3 Å². The second-order valence-electron chi connectivity index (χ2n) is 3.43. The van der Waals surface area contributed by atoms with Gasteiger partial charge in [-0.1, -0.05) is 66.8 Å². The van der Waals surface area contributed by atoms with Crippen LogP contribution in [0.1, 0.15) is 0 Å². The first kappa shape index (κ1) is 11.8. The molecule has 0 aliphatic carbocycles. The van der Waals surface area contributed by atoms with Gasteiger partial charge in [0.1, 0.15) is 0 Å². The van der Waals surface area contributed by atoms with Crippen LogP contribution in [0.3, 0.4) is 0 Å². The molecule has 0 bridgehead atoms. The molecule has 0 spiro atoms. The molecule has 0 aliphatic rings. The summed E-state index contributed by atoms with van der Waals surface area (Å²) in [6.07, 6.45) is 2.47. The van der Waals surface area contributed by atoms with Crippen LogP contribution in [0.15, 0.2) is 60.7 Å². The summed E-state index contributed by atoms with van der Waals surface area (Å²) in [6, 6.07) is 21.4. The SMILES string of the molecule is c1ccc([P]CC[P-]c2ccccc2)cc1. The maximum Gasteiger partial charge on any atom is -0.0194 e. The van der Waals surface area contributed by atoms with Crippen molar-refractivity contribution in [3.05, 3.63) is 60.7 Å². The summed E-state index contributed by atoms with van der Waals surface area (Å²) in [5.74, 6) is 0. The van der Waals surface area contributed by atoms with E-state index in [9.17, 15) is 0 Å². The maximum atomic E-state index is 2.20. The lowest BCUT2D eigenvalue weighted by Crippen LogP contribution is -1.98. The molecule has 1 radical (unpaired) electrons. The Morgan fingerprint density at radius 3 is 2.12 bits per heavy atom. The predicted molar refractivity (Wildman–Crippen MR) is 75.7 cm³/mol. The highest BCUT2D eigenvalue weighted by atomic mass is 31.1. The van der Waals surface area contributed by atoms with Crippen LogP contribution < -0.4 is 10.6 Å². The monoisotopic (exact) mass is 244 g/mol. The van der Waals surface area contributed by atoms with Crippen LogP contribution in [0.4, 0.5) is 0 Å². The Balaban J connectivity index is 1.70. The fourth-order valence-corrected chi connectivity index (χ4v) is 3.51. The maximum absolute atomic E-state index is 2.20. The van der Waals surface area contributed by atoms with Crippen molar-refractivity contribution >= 4 is 27.8 Å². The molecule has 0 atom stereocenters. The van der Waals surface area contributed by atoms with Crippen molar-refractivity contribution in [3.8, 4) is 0 Å². The van der Waals surface area contributed by atoms with E-state index < -0.39 is 0 Å². The molecule has 81 valence electrons. The van der Waals surface area contributed by atoms with E-state index in [1.165, 1.54) is 40.1 Å². The van der Waals surface area contributed by atoms with Gasteiger partial charge < -0.3 is 8.58 Å². The van der Waals surface area contributed by atoms with E-state index >= 15 is 0 Å². The molecule has 2 heteroatoms. The lowest BCUT2D eigenvalue weighted by molar-refractivity contribution is 1.54. The van der Waals surface area contributed by atoms with Crippen LogP contribution in [0, 0.1) is 0 Å². The molecule has 2 aromatic rings. The molecule has 0 fully saturated rings. The van der Waals surface area contributed by atoms with Gasteiger partial charge in [-0.3, -0.25) is 0 Å². The van der Waals surface area contributed by atoms with Crippen molar-refractivity contribution in [1.82, 2.24) is 0 Å². The topological polar surface area (TPSA) is 0 Å². The Bertz CT molecular complexity index is 356. The Morgan fingerprint density at radius 1 is 0.812 bits per heavy atom. The van der Waals surface area contributed by atoms with Gasteiger partial charge in [0, 0.05) is 0 Å². The third-order valence-electron chi connectivity index (χ3n) is 2.20. The lowest BCUT2D eigenvalue weighted by atomic mass is 10.4. The average molecular weight is 244 g/mol. The van der Waals surface area contributed by atoms with Gasteiger partial charge in [-0.2, -0.15) is 6.16 Å². The van der Waals surface area contributed by atoms with E-state index in [0.29, 0.717) is 0 Å². The van der Waals surface area contributed by atoms with E-state index in [2.05, 4.69) is 60.7 Å². The van der Waals surface area contributed by atoms with Gasteiger partial charge >= 0.3 is 0 Å². The third-order valence-corrected chi connectivity index (χ3v) is 4.77. The molecular weight excluding hydrogens is 230 g/mol. The summed E-state index contributed by atoms with van der Waals surface area (Å²) in [4.78, 5) is 0. The molecule has 0 nitrogen and oxygen atoms in total. The number of benzene rings is 2. The van der Waals surface area contributed by atoms with Crippen LogP contribution in [-0.2, 0) is 0 Å². The smallest absolute Gasteiger partial charge is 0.0194 e. The Kier molecular flexibility index (Phi) is 5.00. The second kappa shape index (κ2) is 6.79. The highest BCUT2D eigenvalue weighted by molar-refractivity contribution is 7.51. The molecule has 16 heavy (non-hydrogen) atoms. The molecule has 0 aromatic heterocycles. The van der Waals surface area contributed by atoms with Gasteiger partial charge in [0.25, 0.3) is 0 Å². The minimum atomic E-state index is 1.24. The standard InChI is InChI=1S/C14H14P2/c1-3-7-13(8-4-1)15-11-12-16-14-9-5-2-6-10-14/h1-10H,11-12H2/q-1. The quantitative estimate of drug-likeness (QED) is 0.557. The molecule has 0 saturated carbocycles. The Morgan fingerprint density at radius 2 is 1.44 bits per heavy atom. The summed E-state index contributed by atoms with van der Waals surface area (Å²) in [6.45, 7) is 0. The zero-order valence-corrected chi connectivity index (χ0v) is 10.9. The average Bonchev–Trinajstić information content (AvgIpc) is 2.37. The van der Waals surface area contributed by atoms with Crippen LogP contribution in [0.2, 0.25) is 0 Å². The minimum absolute atomic E-state index is 1.24. The molecule has 0 N–H and O–H groups in total. The molecule has 0 saturated heterocycles. The first-order chi connectivity index (χ1) is 7.95. The number of rotatable bonds is 5. The summed E-state index contributed by atoms with van der Waals surface area (Å²) >= 11 is 0. The van der Waals surface area contributed by atoms with Crippen molar-refractivity contribution in [2.45, 2.75) is 0 Å². The first-order valence-electron chi connectivity index (χ1n) is 5.40. The molecular formula is C14H14P2-. The number of hydrogen-bond acceptors (Lipinski definition) is 0. The van der Waals surface area contributed by atoms with Crippen LogP contribution in [0.5, 0.6) is 0 Å². The van der Waals surface area contributed by atoms with E-state index in [1.807, 2.05) is 0 Å². The molecule has 2 rings (SSSR count). The van der Waals surface area contributed by atoms with Crippen molar-refractivity contribution in [3.63, 3.8) is 0 Å². The van der Waals surface area contributed by atoms with Crippen molar-refractivity contribution in [2.24, 2.45) is 0 Å². The van der Waals surface area contributed by atoms with E-state index in [-0.39, 0.29) is 0 Å². The lowest BCUT2D eigenvalue weighted by Gasteiger charge is -2.17. The molecule has 0 unspecified atom stereocenters. The van der Waals surface area contributed by atoms with Gasteiger partial charge in [0.2, 0.25) is 0 Å². The Hall–Kier alpha value is -0.700. The van der Waals surface area contributed by atoms with Crippen molar-refractivity contribution in [1.29, 1.82) is 0 Å². The van der Waals surface area contributed by atoms with Gasteiger partial charge in [-0.25, -0.2) is 5.30 Å².